The van der Waals surface area contributed by atoms with Crippen LogP contribution in [0.3, 0.4) is 0 Å². The molecule has 1 aliphatic rings. The molecule has 4 nitrogen and oxygen atoms in total. The van der Waals surface area contributed by atoms with Crippen molar-refractivity contribution >= 4 is 11.7 Å². The van der Waals surface area contributed by atoms with Crippen LogP contribution in [0.5, 0.6) is 0 Å². The van der Waals surface area contributed by atoms with Gasteiger partial charge in [-0.05, 0) is 25.0 Å². The van der Waals surface area contributed by atoms with Gasteiger partial charge in [0.2, 0.25) is 5.91 Å². The maximum Gasteiger partial charge on any atom is 0.240 e. The Morgan fingerprint density at radius 1 is 1.33 bits per heavy atom. The smallest absolute Gasteiger partial charge is 0.240 e. The molecule has 1 amide bonds. The van der Waals surface area contributed by atoms with Crippen LogP contribution in [0.15, 0.2) is 18.3 Å². The van der Waals surface area contributed by atoms with E-state index in [0.29, 0.717) is 11.7 Å². The predicted octanol–water partition coefficient (Wildman–Crippen LogP) is 2.14. The first-order valence-electron chi connectivity index (χ1n) is 6.62. The fraction of sp³-hybridized carbons (Fsp3) is 0.571. The van der Waals surface area contributed by atoms with Gasteiger partial charge in [0.1, 0.15) is 6.54 Å². The molecule has 0 spiro atoms. The van der Waals surface area contributed by atoms with E-state index in [1.165, 1.54) is 26.2 Å². The number of Topliss-reactive ketones (excluding diaryl/α,β-unsaturated/α-hetero) is 1. The molecule has 0 bridgehead atoms. The highest BCUT2D eigenvalue weighted by atomic mass is 16.2. The minimum absolute atomic E-state index is 0.000556. The summed E-state index contributed by atoms with van der Waals surface area (Å²) in [5.41, 5.74) is 0.591. The summed E-state index contributed by atoms with van der Waals surface area (Å²) < 4.78 is 1.71. The number of rotatable bonds is 4. The van der Waals surface area contributed by atoms with Crippen LogP contribution in [0.1, 0.15) is 49.5 Å². The summed E-state index contributed by atoms with van der Waals surface area (Å²) >= 11 is 0. The number of carbonyl (C=O) groups is 2. The van der Waals surface area contributed by atoms with Crippen LogP contribution in [0.25, 0.3) is 0 Å². The molecule has 0 aromatic carbocycles. The number of hydrogen-bond donors (Lipinski definition) is 1. The second-order valence-corrected chi connectivity index (χ2v) is 4.98. The van der Waals surface area contributed by atoms with E-state index in [-0.39, 0.29) is 18.2 Å². The number of nitrogens with zero attached hydrogens (tertiary/aromatic N) is 1. The van der Waals surface area contributed by atoms with Crippen LogP contribution in [0, 0.1) is 0 Å². The number of hydrogen-bond acceptors (Lipinski definition) is 2. The van der Waals surface area contributed by atoms with Crippen molar-refractivity contribution < 1.29 is 9.59 Å². The van der Waals surface area contributed by atoms with Crippen molar-refractivity contribution in [3.63, 3.8) is 0 Å². The molecule has 4 heteroatoms. The lowest BCUT2D eigenvalue weighted by molar-refractivity contribution is -0.122. The molecule has 0 saturated heterocycles. The Labute approximate surface area is 107 Å². The van der Waals surface area contributed by atoms with E-state index in [1.807, 2.05) is 0 Å². The number of nitrogens with one attached hydrogen (secondary N) is 1. The first-order chi connectivity index (χ1) is 8.66. The van der Waals surface area contributed by atoms with Gasteiger partial charge in [-0.15, -0.1) is 0 Å². The minimum atomic E-state index is -0.00883. The van der Waals surface area contributed by atoms with Gasteiger partial charge in [-0.3, -0.25) is 9.59 Å². The number of aromatic nitrogens is 1. The Morgan fingerprint density at radius 3 is 2.72 bits per heavy atom. The van der Waals surface area contributed by atoms with Crippen LogP contribution in [0.2, 0.25) is 0 Å². The monoisotopic (exact) mass is 248 g/mol. The van der Waals surface area contributed by atoms with Crippen molar-refractivity contribution in [2.45, 2.75) is 51.6 Å². The van der Waals surface area contributed by atoms with Crippen molar-refractivity contribution in [1.29, 1.82) is 0 Å². The summed E-state index contributed by atoms with van der Waals surface area (Å²) in [6.45, 7) is 1.75. The van der Waals surface area contributed by atoms with Crippen LogP contribution >= 0.6 is 0 Å². The molecule has 0 atom stereocenters. The summed E-state index contributed by atoms with van der Waals surface area (Å²) in [5.74, 6) is -0.00827. The van der Waals surface area contributed by atoms with E-state index in [4.69, 9.17) is 0 Å². The summed E-state index contributed by atoms with van der Waals surface area (Å²) in [4.78, 5) is 23.3. The second kappa shape index (κ2) is 5.85. The van der Waals surface area contributed by atoms with Crippen molar-refractivity contribution in [3.05, 3.63) is 24.0 Å². The zero-order valence-corrected chi connectivity index (χ0v) is 10.8. The van der Waals surface area contributed by atoms with Gasteiger partial charge in [0, 0.05) is 19.2 Å². The van der Waals surface area contributed by atoms with Crippen LogP contribution < -0.4 is 5.32 Å². The highest BCUT2D eigenvalue weighted by Crippen LogP contribution is 2.17. The van der Waals surface area contributed by atoms with E-state index in [2.05, 4.69) is 5.32 Å². The summed E-state index contributed by atoms with van der Waals surface area (Å²) in [6.07, 6.45) is 7.62. The Bertz CT molecular complexity index is 431. The summed E-state index contributed by atoms with van der Waals surface area (Å²) in [5, 5.41) is 3.05. The predicted molar refractivity (Wildman–Crippen MR) is 69.5 cm³/mol. The first kappa shape index (κ1) is 12.9. The topological polar surface area (TPSA) is 51.1 Å². The molecule has 1 fully saturated rings. The lowest BCUT2D eigenvalue weighted by Crippen LogP contribution is -2.38. The summed E-state index contributed by atoms with van der Waals surface area (Å²) in [7, 11) is 0. The van der Waals surface area contributed by atoms with Gasteiger partial charge in [-0.25, -0.2) is 0 Å². The molecule has 1 aromatic rings. The average molecular weight is 248 g/mol. The first-order valence-corrected chi connectivity index (χ1v) is 6.62. The Balaban J connectivity index is 1.90. The Kier molecular flexibility index (Phi) is 4.18. The quantitative estimate of drug-likeness (QED) is 0.830. The van der Waals surface area contributed by atoms with Gasteiger partial charge in [0.15, 0.2) is 5.78 Å². The Hall–Kier alpha value is -1.58. The molecule has 0 unspecified atom stereocenters. The third kappa shape index (κ3) is 3.22. The molecule has 0 aliphatic heterocycles. The molecule has 1 aromatic heterocycles. The zero-order chi connectivity index (χ0) is 13.0. The standard InChI is InChI=1S/C14H20N2O2/c1-11(17)13-8-5-9-16(13)10-14(18)15-12-6-3-2-4-7-12/h5,8-9,12H,2-4,6-7,10H2,1H3,(H,15,18). The van der Waals surface area contributed by atoms with Gasteiger partial charge in [0.25, 0.3) is 0 Å². The third-order valence-corrected chi connectivity index (χ3v) is 3.47. The van der Waals surface area contributed by atoms with E-state index in [1.54, 1.807) is 22.9 Å². The Morgan fingerprint density at radius 2 is 2.06 bits per heavy atom. The van der Waals surface area contributed by atoms with Gasteiger partial charge >= 0.3 is 0 Å². The average Bonchev–Trinajstić information content (AvgIpc) is 2.78. The van der Waals surface area contributed by atoms with Crippen molar-refractivity contribution in [2.24, 2.45) is 0 Å². The zero-order valence-electron chi connectivity index (χ0n) is 10.8. The summed E-state index contributed by atoms with van der Waals surface area (Å²) in [6, 6.07) is 3.86. The number of carbonyl (C=O) groups excluding carboxylic acids is 2. The van der Waals surface area contributed by atoms with E-state index in [9.17, 15) is 9.59 Å². The van der Waals surface area contributed by atoms with E-state index < -0.39 is 0 Å². The van der Waals surface area contributed by atoms with Gasteiger partial charge in [-0.1, -0.05) is 19.3 Å². The van der Waals surface area contributed by atoms with Crippen LogP contribution in [-0.4, -0.2) is 22.3 Å². The van der Waals surface area contributed by atoms with Gasteiger partial charge < -0.3 is 9.88 Å². The molecule has 1 N–H and O–H groups in total. The maximum absolute atomic E-state index is 11.9. The van der Waals surface area contributed by atoms with Crippen molar-refractivity contribution in [2.75, 3.05) is 0 Å². The fourth-order valence-electron chi connectivity index (χ4n) is 2.55. The van der Waals surface area contributed by atoms with E-state index >= 15 is 0 Å². The van der Waals surface area contributed by atoms with Gasteiger partial charge in [0.05, 0.1) is 5.69 Å². The molecule has 2 rings (SSSR count). The maximum atomic E-state index is 11.9. The largest absolute Gasteiger partial charge is 0.352 e. The molecule has 1 saturated carbocycles. The molecule has 1 aliphatic carbocycles. The lowest BCUT2D eigenvalue weighted by atomic mass is 9.95. The van der Waals surface area contributed by atoms with Crippen molar-refractivity contribution in [1.82, 2.24) is 9.88 Å². The highest BCUT2D eigenvalue weighted by Gasteiger charge is 2.16. The molecule has 98 valence electrons. The molecule has 18 heavy (non-hydrogen) atoms. The number of amides is 1. The van der Waals surface area contributed by atoms with Crippen LogP contribution in [0.4, 0.5) is 0 Å². The van der Waals surface area contributed by atoms with Crippen molar-refractivity contribution in [3.8, 4) is 0 Å². The fourth-order valence-corrected chi connectivity index (χ4v) is 2.55. The highest BCUT2D eigenvalue weighted by molar-refractivity contribution is 5.93. The van der Waals surface area contributed by atoms with Crippen LogP contribution in [-0.2, 0) is 11.3 Å². The molecular formula is C14H20N2O2. The number of ketones is 1. The van der Waals surface area contributed by atoms with E-state index in [0.717, 1.165) is 12.8 Å². The normalized spacial score (nSPS) is 16.5. The molecule has 1 heterocycles. The lowest BCUT2D eigenvalue weighted by Gasteiger charge is -2.23. The SMILES string of the molecule is CC(=O)c1cccn1CC(=O)NC1CCCCC1. The minimum Gasteiger partial charge on any atom is -0.352 e. The molecule has 0 radical (unpaired) electrons. The molecular weight excluding hydrogens is 228 g/mol. The second-order valence-electron chi connectivity index (χ2n) is 4.98. The van der Waals surface area contributed by atoms with Gasteiger partial charge in [-0.2, -0.15) is 0 Å². The third-order valence-electron chi connectivity index (χ3n) is 3.47.